The van der Waals surface area contributed by atoms with E-state index in [-0.39, 0.29) is 5.54 Å². The number of ether oxygens (including phenoxy) is 1. The zero-order valence-electron chi connectivity index (χ0n) is 11.5. The molecule has 1 aliphatic carbocycles. The maximum absolute atomic E-state index is 5.85. The van der Waals surface area contributed by atoms with Gasteiger partial charge in [-0.1, -0.05) is 18.9 Å². The van der Waals surface area contributed by atoms with E-state index in [1.54, 1.807) is 0 Å². The van der Waals surface area contributed by atoms with Crippen molar-refractivity contribution >= 4 is 0 Å². The van der Waals surface area contributed by atoms with E-state index >= 15 is 0 Å². The number of hydrogen-bond acceptors (Lipinski definition) is 4. The predicted octanol–water partition coefficient (Wildman–Crippen LogP) is 2.18. The van der Waals surface area contributed by atoms with E-state index < -0.39 is 0 Å². The van der Waals surface area contributed by atoms with Gasteiger partial charge in [0.2, 0.25) is 0 Å². The van der Waals surface area contributed by atoms with Crippen molar-refractivity contribution in [1.29, 1.82) is 0 Å². The van der Waals surface area contributed by atoms with Crippen molar-refractivity contribution in [2.45, 2.75) is 37.6 Å². The van der Waals surface area contributed by atoms with Crippen LogP contribution >= 0.6 is 0 Å². The summed E-state index contributed by atoms with van der Waals surface area (Å²) in [5.74, 6) is 1.94. The molecule has 104 valence electrons. The molecule has 4 rings (SSSR count). The lowest BCUT2D eigenvalue weighted by molar-refractivity contribution is 0.0690. The van der Waals surface area contributed by atoms with Crippen LogP contribution in [0.15, 0.2) is 24.4 Å². The van der Waals surface area contributed by atoms with Gasteiger partial charge in [0.25, 0.3) is 0 Å². The molecule has 2 aromatic rings. The third kappa shape index (κ3) is 1.77. The molecule has 0 N–H and O–H groups in total. The van der Waals surface area contributed by atoms with Gasteiger partial charge in [0, 0.05) is 12.6 Å². The fourth-order valence-electron chi connectivity index (χ4n) is 3.53. The first-order chi connectivity index (χ1) is 9.89. The van der Waals surface area contributed by atoms with Gasteiger partial charge in [0.1, 0.15) is 11.5 Å². The van der Waals surface area contributed by atoms with E-state index in [4.69, 9.17) is 4.74 Å². The maximum Gasteiger partial charge on any atom is 0.183 e. The molecular weight excluding hydrogens is 252 g/mol. The Bertz CT molecular complexity index is 602. The van der Waals surface area contributed by atoms with E-state index in [1.165, 1.54) is 12.8 Å². The summed E-state index contributed by atoms with van der Waals surface area (Å²) in [6.45, 7) is 1.51. The van der Waals surface area contributed by atoms with Gasteiger partial charge < -0.3 is 9.30 Å². The fraction of sp³-hybridized carbons (Fsp3) is 0.533. The Morgan fingerprint density at radius 2 is 2.05 bits per heavy atom. The molecule has 5 heteroatoms. The van der Waals surface area contributed by atoms with Crippen LogP contribution in [-0.4, -0.2) is 33.0 Å². The molecule has 0 saturated heterocycles. The monoisotopic (exact) mass is 270 g/mol. The summed E-state index contributed by atoms with van der Waals surface area (Å²) in [6, 6.07) is 5.93. The van der Waals surface area contributed by atoms with Crippen LogP contribution in [0.25, 0.3) is 11.5 Å². The Hall–Kier alpha value is -1.75. The van der Waals surface area contributed by atoms with Crippen molar-refractivity contribution in [1.82, 2.24) is 19.7 Å². The molecule has 20 heavy (non-hydrogen) atoms. The molecule has 5 nitrogen and oxygen atoms in total. The molecule has 3 heterocycles. The molecule has 1 aliphatic heterocycles. The fourth-order valence-corrected chi connectivity index (χ4v) is 3.53. The van der Waals surface area contributed by atoms with Crippen LogP contribution in [0.2, 0.25) is 0 Å². The standard InChI is InChI=1S/C15H18N4O/c1-4-9-16-12(5-1)14-18-17-13-6-10-20-11-15(19(13)14)7-2-3-8-15/h1,4-5,9H,2-3,6-8,10-11H2. The second kappa shape index (κ2) is 4.66. The number of aromatic nitrogens is 4. The summed E-state index contributed by atoms with van der Waals surface area (Å²) in [6.07, 6.45) is 7.45. The highest BCUT2D eigenvalue weighted by Gasteiger charge is 2.41. The number of pyridine rings is 1. The topological polar surface area (TPSA) is 52.8 Å². The Balaban J connectivity index is 1.89. The highest BCUT2D eigenvalue weighted by atomic mass is 16.5. The lowest BCUT2D eigenvalue weighted by atomic mass is 9.97. The molecule has 0 atom stereocenters. The zero-order chi connectivity index (χ0) is 13.4. The quantitative estimate of drug-likeness (QED) is 0.797. The van der Waals surface area contributed by atoms with Crippen LogP contribution in [0.5, 0.6) is 0 Å². The van der Waals surface area contributed by atoms with E-state index in [9.17, 15) is 0 Å². The molecule has 0 radical (unpaired) electrons. The van der Waals surface area contributed by atoms with Gasteiger partial charge in [-0.3, -0.25) is 4.98 Å². The molecule has 2 aromatic heterocycles. The van der Waals surface area contributed by atoms with Gasteiger partial charge in [0.05, 0.1) is 18.8 Å². The Morgan fingerprint density at radius 1 is 1.15 bits per heavy atom. The van der Waals surface area contributed by atoms with Crippen LogP contribution in [0.3, 0.4) is 0 Å². The third-order valence-electron chi connectivity index (χ3n) is 4.47. The summed E-state index contributed by atoms with van der Waals surface area (Å²) in [4.78, 5) is 4.45. The van der Waals surface area contributed by atoms with Crippen LogP contribution < -0.4 is 0 Å². The first-order valence-corrected chi connectivity index (χ1v) is 7.33. The summed E-state index contributed by atoms with van der Waals surface area (Å²) in [5.41, 5.74) is 0.946. The second-order valence-electron chi connectivity index (χ2n) is 5.72. The Labute approximate surface area is 118 Å². The molecule has 0 unspecified atom stereocenters. The van der Waals surface area contributed by atoms with Gasteiger partial charge in [-0.05, 0) is 25.0 Å². The first kappa shape index (κ1) is 12.0. The molecule has 0 bridgehead atoms. The first-order valence-electron chi connectivity index (χ1n) is 7.33. The molecule has 0 amide bonds. The van der Waals surface area contributed by atoms with E-state index in [0.717, 1.165) is 49.8 Å². The SMILES string of the molecule is c1ccc(-c2nnc3n2C2(CCCC2)COCC3)nc1. The number of fused-ring (bicyclic) bond motifs is 2. The third-order valence-corrected chi connectivity index (χ3v) is 4.47. The minimum Gasteiger partial charge on any atom is -0.379 e. The molecule has 1 saturated carbocycles. The summed E-state index contributed by atoms with van der Waals surface area (Å²) in [7, 11) is 0. The van der Waals surface area contributed by atoms with Gasteiger partial charge in [0.15, 0.2) is 5.82 Å². The molecule has 1 spiro atoms. The van der Waals surface area contributed by atoms with E-state index in [1.807, 2.05) is 24.4 Å². The Kier molecular flexibility index (Phi) is 2.80. The van der Waals surface area contributed by atoms with E-state index in [2.05, 4.69) is 19.7 Å². The van der Waals surface area contributed by atoms with Crippen LogP contribution in [0.1, 0.15) is 31.5 Å². The van der Waals surface area contributed by atoms with Crippen LogP contribution in [0.4, 0.5) is 0 Å². The normalized spacial score (nSPS) is 20.8. The van der Waals surface area contributed by atoms with Crippen molar-refractivity contribution in [3.63, 3.8) is 0 Å². The second-order valence-corrected chi connectivity index (χ2v) is 5.72. The van der Waals surface area contributed by atoms with Crippen LogP contribution in [-0.2, 0) is 16.7 Å². The molecular formula is C15H18N4O. The number of hydrogen-bond donors (Lipinski definition) is 0. The highest BCUT2D eigenvalue weighted by Crippen LogP contribution is 2.41. The lowest BCUT2D eigenvalue weighted by Gasteiger charge is -2.30. The lowest BCUT2D eigenvalue weighted by Crippen LogP contribution is -2.35. The smallest absolute Gasteiger partial charge is 0.183 e. The van der Waals surface area contributed by atoms with Gasteiger partial charge in [-0.2, -0.15) is 0 Å². The van der Waals surface area contributed by atoms with Crippen LogP contribution in [0, 0.1) is 0 Å². The summed E-state index contributed by atoms with van der Waals surface area (Å²) in [5, 5.41) is 8.83. The zero-order valence-corrected chi connectivity index (χ0v) is 11.5. The summed E-state index contributed by atoms with van der Waals surface area (Å²) < 4.78 is 8.18. The van der Waals surface area contributed by atoms with Crippen molar-refractivity contribution in [2.24, 2.45) is 0 Å². The minimum absolute atomic E-state index is 0.0438. The van der Waals surface area contributed by atoms with Crippen molar-refractivity contribution in [2.75, 3.05) is 13.2 Å². The van der Waals surface area contributed by atoms with Gasteiger partial charge in [-0.25, -0.2) is 0 Å². The average molecular weight is 270 g/mol. The largest absolute Gasteiger partial charge is 0.379 e. The van der Waals surface area contributed by atoms with Crippen molar-refractivity contribution in [3.8, 4) is 11.5 Å². The maximum atomic E-state index is 5.85. The molecule has 2 aliphatic rings. The van der Waals surface area contributed by atoms with E-state index in [0.29, 0.717) is 0 Å². The van der Waals surface area contributed by atoms with Crippen molar-refractivity contribution < 1.29 is 4.74 Å². The highest BCUT2D eigenvalue weighted by molar-refractivity contribution is 5.50. The number of nitrogens with zero attached hydrogens (tertiary/aromatic N) is 4. The Morgan fingerprint density at radius 3 is 2.85 bits per heavy atom. The predicted molar refractivity (Wildman–Crippen MR) is 74.2 cm³/mol. The molecule has 1 fully saturated rings. The number of rotatable bonds is 1. The molecule has 0 aromatic carbocycles. The van der Waals surface area contributed by atoms with Gasteiger partial charge >= 0.3 is 0 Å². The van der Waals surface area contributed by atoms with Gasteiger partial charge in [-0.15, -0.1) is 10.2 Å². The minimum atomic E-state index is 0.0438. The van der Waals surface area contributed by atoms with Crippen molar-refractivity contribution in [3.05, 3.63) is 30.2 Å². The summed E-state index contributed by atoms with van der Waals surface area (Å²) >= 11 is 0. The average Bonchev–Trinajstić information content (AvgIpc) is 3.08.